The summed E-state index contributed by atoms with van der Waals surface area (Å²) in [6.07, 6.45) is 2.68. The largest absolute Gasteiger partial charge is 0.508 e. The first-order chi connectivity index (χ1) is 11.5. The van der Waals surface area contributed by atoms with Crippen molar-refractivity contribution >= 4 is 23.6 Å². The van der Waals surface area contributed by atoms with Gasteiger partial charge in [-0.2, -0.15) is 0 Å². The molecule has 130 valence electrons. The van der Waals surface area contributed by atoms with Gasteiger partial charge in [0.05, 0.1) is 5.88 Å². The van der Waals surface area contributed by atoms with Crippen LogP contribution in [-0.4, -0.2) is 51.4 Å². The van der Waals surface area contributed by atoms with E-state index in [4.69, 9.17) is 0 Å². The van der Waals surface area contributed by atoms with E-state index in [1.54, 1.807) is 53.7 Å². The smallest absolute Gasteiger partial charge is 0.250 e. The standard InChI is InChI=1S/C18H24N2O3S/c1-4-7-13(2)17(22)20-12-24-11-15(20)18(23)19(3)10-14-8-5-6-9-16(14)21/h5-9,15,21H,4,10-12H2,1-3H3/b13-7-/t15-/m0/s1. The molecule has 0 unspecified atom stereocenters. The molecule has 0 aromatic heterocycles. The molecule has 0 radical (unpaired) electrons. The summed E-state index contributed by atoms with van der Waals surface area (Å²) in [5, 5.41) is 9.86. The summed E-state index contributed by atoms with van der Waals surface area (Å²) in [4.78, 5) is 28.5. The number of benzene rings is 1. The Morgan fingerprint density at radius 3 is 2.79 bits per heavy atom. The number of phenolic OH excluding ortho intramolecular Hbond substituents is 1. The minimum absolute atomic E-state index is 0.0730. The lowest BCUT2D eigenvalue weighted by molar-refractivity contribution is -0.141. The van der Waals surface area contributed by atoms with E-state index in [-0.39, 0.29) is 17.6 Å². The minimum Gasteiger partial charge on any atom is -0.508 e. The maximum absolute atomic E-state index is 12.8. The lowest BCUT2D eigenvalue weighted by Gasteiger charge is -2.27. The van der Waals surface area contributed by atoms with Gasteiger partial charge in [-0.25, -0.2) is 0 Å². The Morgan fingerprint density at radius 2 is 2.12 bits per heavy atom. The van der Waals surface area contributed by atoms with Gasteiger partial charge in [-0.3, -0.25) is 9.59 Å². The third-order valence-corrected chi connectivity index (χ3v) is 5.06. The monoisotopic (exact) mass is 348 g/mol. The predicted octanol–water partition coefficient (Wildman–Crippen LogP) is 2.61. The average Bonchev–Trinajstić information content (AvgIpc) is 3.05. The third kappa shape index (κ3) is 4.12. The van der Waals surface area contributed by atoms with Gasteiger partial charge >= 0.3 is 0 Å². The number of carbonyl (C=O) groups excluding carboxylic acids is 2. The second-order valence-electron chi connectivity index (χ2n) is 5.91. The first kappa shape index (κ1) is 18.4. The summed E-state index contributed by atoms with van der Waals surface area (Å²) in [5.41, 5.74) is 1.38. The van der Waals surface area contributed by atoms with Crippen LogP contribution in [-0.2, 0) is 16.1 Å². The van der Waals surface area contributed by atoms with Gasteiger partial charge in [0.15, 0.2) is 0 Å². The zero-order valence-electron chi connectivity index (χ0n) is 14.4. The topological polar surface area (TPSA) is 60.9 Å². The van der Waals surface area contributed by atoms with Gasteiger partial charge in [0, 0.05) is 30.5 Å². The van der Waals surface area contributed by atoms with Crippen molar-refractivity contribution in [3.05, 3.63) is 41.5 Å². The number of hydrogen-bond donors (Lipinski definition) is 1. The normalized spacial score (nSPS) is 17.9. The first-order valence-corrected chi connectivity index (χ1v) is 9.18. The molecule has 24 heavy (non-hydrogen) atoms. The van der Waals surface area contributed by atoms with Crippen molar-refractivity contribution < 1.29 is 14.7 Å². The number of likely N-dealkylation sites (N-methyl/N-ethyl adjacent to an activating group) is 1. The zero-order valence-corrected chi connectivity index (χ0v) is 15.2. The van der Waals surface area contributed by atoms with Gasteiger partial charge in [-0.1, -0.05) is 31.2 Å². The van der Waals surface area contributed by atoms with Crippen LogP contribution in [0.1, 0.15) is 25.8 Å². The molecule has 5 nitrogen and oxygen atoms in total. The number of amides is 2. The molecule has 1 fully saturated rings. The lowest BCUT2D eigenvalue weighted by atomic mass is 10.1. The molecular weight excluding hydrogens is 324 g/mol. The fourth-order valence-corrected chi connectivity index (χ4v) is 3.84. The maximum atomic E-state index is 12.8. The molecule has 1 aromatic rings. The Labute approximate surface area is 147 Å². The maximum Gasteiger partial charge on any atom is 0.250 e. The van der Waals surface area contributed by atoms with Crippen molar-refractivity contribution in [3.63, 3.8) is 0 Å². The van der Waals surface area contributed by atoms with E-state index in [1.165, 1.54) is 0 Å². The van der Waals surface area contributed by atoms with E-state index in [2.05, 4.69) is 0 Å². The summed E-state index contributed by atoms with van der Waals surface area (Å²) < 4.78 is 0. The van der Waals surface area contributed by atoms with Gasteiger partial charge in [-0.15, -0.1) is 11.8 Å². The van der Waals surface area contributed by atoms with E-state index >= 15 is 0 Å². The zero-order chi connectivity index (χ0) is 17.7. The Bertz CT molecular complexity index is 645. The average molecular weight is 348 g/mol. The van der Waals surface area contributed by atoms with Crippen molar-refractivity contribution in [3.8, 4) is 5.75 Å². The number of hydrogen-bond acceptors (Lipinski definition) is 4. The highest BCUT2D eigenvalue weighted by Crippen LogP contribution is 2.25. The number of para-hydroxylation sites is 1. The van der Waals surface area contributed by atoms with E-state index in [0.29, 0.717) is 29.3 Å². The van der Waals surface area contributed by atoms with Crippen LogP contribution in [0.15, 0.2) is 35.9 Å². The Kier molecular flexibility index (Phi) is 6.31. The molecule has 1 aliphatic heterocycles. The summed E-state index contributed by atoms with van der Waals surface area (Å²) in [6.45, 7) is 4.10. The number of nitrogens with zero attached hydrogens (tertiary/aromatic N) is 2. The molecule has 0 aliphatic carbocycles. The van der Waals surface area contributed by atoms with E-state index < -0.39 is 6.04 Å². The molecule has 0 spiro atoms. The highest BCUT2D eigenvalue weighted by Gasteiger charge is 2.36. The van der Waals surface area contributed by atoms with E-state index in [9.17, 15) is 14.7 Å². The van der Waals surface area contributed by atoms with Crippen molar-refractivity contribution in [1.29, 1.82) is 0 Å². The number of carbonyl (C=O) groups is 2. The molecular formula is C18H24N2O3S. The molecule has 1 atom stereocenters. The first-order valence-electron chi connectivity index (χ1n) is 8.03. The van der Waals surface area contributed by atoms with Crippen molar-refractivity contribution in [1.82, 2.24) is 9.80 Å². The summed E-state index contributed by atoms with van der Waals surface area (Å²) in [6, 6.07) is 6.52. The van der Waals surface area contributed by atoms with Crippen LogP contribution in [0.4, 0.5) is 0 Å². The van der Waals surface area contributed by atoms with Crippen LogP contribution in [0.5, 0.6) is 5.75 Å². The third-order valence-electron chi connectivity index (χ3n) is 4.05. The van der Waals surface area contributed by atoms with Gasteiger partial charge < -0.3 is 14.9 Å². The van der Waals surface area contributed by atoms with Crippen molar-refractivity contribution in [2.24, 2.45) is 0 Å². The molecule has 2 rings (SSSR count). The van der Waals surface area contributed by atoms with E-state index in [0.717, 1.165) is 6.42 Å². The highest BCUT2D eigenvalue weighted by atomic mass is 32.2. The fourth-order valence-electron chi connectivity index (χ4n) is 2.70. The highest BCUT2D eigenvalue weighted by molar-refractivity contribution is 7.99. The van der Waals surface area contributed by atoms with Crippen LogP contribution in [0.25, 0.3) is 0 Å². The lowest BCUT2D eigenvalue weighted by Crippen LogP contribution is -2.47. The summed E-state index contributed by atoms with van der Waals surface area (Å²) >= 11 is 1.59. The number of thioether (sulfide) groups is 1. The SMILES string of the molecule is CC/C=C(/C)C(=O)N1CSC[C@H]1C(=O)N(C)Cc1ccccc1O. The van der Waals surface area contributed by atoms with Gasteiger partial charge in [0.2, 0.25) is 5.91 Å². The van der Waals surface area contributed by atoms with Gasteiger partial charge in [0.1, 0.15) is 11.8 Å². The van der Waals surface area contributed by atoms with Crippen LogP contribution in [0.3, 0.4) is 0 Å². The quantitative estimate of drug-likeness (QED) is 0.831. The van der Waals surface area contributed by atoms with E-state index in [1.807, 2.05) is 19.1 Å². The summed E-state index contributed by atoms with van der Waals surface area (Å²) in [7, 11) is 1.70. The van der Waals surface area contributed by atoms with Crippen LogP contribution >= 0.6 is 11.8 Å². The number of phenols is 1. The molecule has 1 N–H and O–H groups in total. The molecule has 0 bridgehead atoms. The fraction of sp³-hybridized carbons (Fsp3) is 0.444. The molecule has 1 heterocycles. The van der Waals surface area contributed by atoms with Crippen LogP contribution in [0, 0.1) is 0 Å². The van der Waals surface area contributed by atoms with Crippen LogP contribution in [0.2, 0.25) is 0 Å². The Morgan fingerprint density at radius 1 is 1.42 bits per heavy atom. The summed E-state index contributed by atoms with van der Waals surface area (Å²) in [5.74, 6) is 1.15. The van der Waals surface area contributed by atoms with Gasteiger partial charge in [0.25, 0.3) is 5.91 Å². The Balaban J connectivity index is 2.08. The van der Waals surface area contributed by atoms with Crippen molar-refractivity contribution in [2.75, 3.05) is 18.7 Å². The number of aromatic hydroxyl groups is 1. The molecule has 2 amide bonds. The molecule has 1 saturated heterocycles. The molecule has 1 aliphatic rings. The number of rotatable bonds is 5. The van der Waals surface area contributed by atoms with Crippen molar-refractivity contribution in [2.45, 2.75) is 32.9 Å². The molecule has 1 aromatic carbocycles. The number of allylic oxidation sites excluding steroid dienone is 1. The molecule has 0 saturated carbocycles. The van der Waals surface area contributed by atoms with Gasteiger partial charge in [-0.05, 0) is 19.4 Å². The van der Waals surface area contributed by atoms with Crippen LogP contribution < -0.4 is 0 Å². The molecule has 6 heteroatoms. The second-order valence-corrected chi connectivity index (χ2v) is 6.91. The minimum atomic E-state index is -0.446. The predicted molar refractivity (Wildman–Crippen MR) is 96.6 cm³/mol. The second kappa shape index (κ2) is 8.24. The Hall–Kier alpha value is -1.95.